The van der Waals surface area contributed by atoms with Crippen LogP contribution in [-0.4, -0.2) is 26.2 Å². The molecule has 4 heteroatoms. The minimum absolute atomic E-state index is 0.215. The molecule has 0 aromatic carbocycles. The summed E-state index contributed by atoms with van der Waals surface area (Å²) in [4.78, 5) is 8.12. The number of imidazole rings is 1. The standard InChI is InChI=1S/C20H29N3O/c1-5-8-11-16-14-17(15(4)23(16)12-9-13-24)20-21-18(7-3)19(22-20)10-6-2/h6-7,10,14,24H,3,5,8-9,11-13H2,1-2,4H3,(H,21,22)/b10-6-. The molecule has 2 rings (SSSR count). The summed E-state index contributed by atoms with van der Waals surface area (Å²) in [6.07, 6.45) is 9.97. The molecular formula is C20H29N3O. The lowest BCUT2D eigenvalue weighted by Gasteiger charge is -2.10. The molecule has 0 saturated heterocycles. The average molecular weight is 327 g/mol. The molecule has 2 aromatic heterocycles. The van der Waals surface area contributed by atoms with Gasteiger partial charge in [-0.25, -0.2) is 4.98 Å². The maximum absolute atomic E-state index is 9.19. The van der Waals surface area contributed by atoms with Gasteiger partial charge in [0.05, 0.1) is 11.4 Å². The summed E-state index contributed by atoms with van der Waals surface area (Å²) in [5.74, 6) is 0.885. The largest absolute Gasteiger partial charge is 0.396 e. The molecule has 4 nitrogen and oxygen atoms in total. The van der Waals surface area contributed by atoms with Gasteiger partial charge in [-0.1, -0.05) is 26.0 Å². The Morgan fingerprint density at radius 1 is 1.38 bits per heavy atom. The van der Waals surface area contributed by atoms with Crippen molar-refractivity contribution in [2.24, 2.45) is 0 Å². The van der Waals surface area contributed by atoms with E-state index in [4.69, 9.17) is 4.98 Å². The Kier molecular flexibility index (Phi) is 6.62. The topological polar surface area (TPSA) is 53.8 Å². The summed E-state index contributed by atoms with van der Waals surface area (Å²) in [7, 11) is 0. The van der Waals surface area contributed by atoms with E-state index in [1.165, 1.54) is 24.2 Å². The van der Waals surface area contributed by atoms with Crippen molar-refractivity contribution in [3.63, 3.8) is 0 Å². The Morgan fingerprint density at radius 3 is 2.79 bits per heavy atom. The van der Waals surface area contributed by atoms with E-state index in [9.17, 15) is 5.11 Å². The van der Waals surface area contributed by atoms with Crippen molar-refractivity contribution in [2.75, 3.05) is 6.61 Å². The first kappa shape index (κ1) is 18.3. The number of hydrogen-bond donors (Lipinski definition) is 2. The zero-order valence-electron chi connectivity index (χ0n) is 15.1. The first-order chi connectivity index (χ1) is 11.7. The lowest BCUT2D eigenvalue weighted by Crippen LogP contribution is -2.06. The molecule has 0 saturated carbocycles. The van der Waals surface area contributed by atoms with Gasteiger partial charge in [-0.15, -0.1) is 0 Å². The van der Waals surface area contributed by atoms with Crippen LogP contribution in [0, 0.1) is 6.92 Å². The predicted octanol–water partition coefficient (Wildman–Crippen LogP) is 4.59. The smallest absolute Gasteiger partial charge is 0.140 e. The van der Waals surface area contributed by atoms with E-state index in [1.807, 2.05) is 19.1 Å². The number of aromatic nitrogens is 3. The fourth-order valence-corrected chi connectivity index (χ4v) is 3.03. The number of rotatable bonds is 9. The summed E-state index contributed by atoms with van der Waals surface area (Å²) in [6, 6.07) is 2.24. The lowest BCUT2D eigenvalue weighted by atomic mass is 10.2. The van der Waals surface area contributed by atoms with Gasteiger partial charge in [-0.05, 0) is 51.3 Å². The first-order valence-corrected chi connectivity index (χ1v) is 8.81. The second-order valence-corrected chi connectivity index (χ2v) is 6.06. The highest BCUT2D eigenvalue weighted by molar-refractivity contribution is 5.67. The number of aliphatic hydroxyl groups is 1. The van der Waals surface area contributed by atoms with Crippen LogP contribution in [0.4, 0.5) is 0 Å². The number of aliphatic hydroxyl groups excluding tert-OH is 1. The molecule has 0 fully saturated rings. The van der Waals surface area contributed by atoms with Gasteiger partial charge in [0.25, 0.3) is 0 Å². The van der Waals surface area contributed by atoms with E-state index in [2.05, 4.69) is 36.0 Å². The quantitative estimate of drug-likeness (QED) is 0.708. The molecule has 0 aliphatic heterocycles. The number of nitrogens with one attached hydrogen (secondary N) is 1. The Morgan fingerprint density at radius 2 is 2.17 bits per heavy atom. The van der Waals surface area contributed by atoms with Gasteiger partial charge >= 0.3 is 0 Å². The molecule has 0 amide bonds. The van der Waals surface area contributed by atoms with Crippen molar-refractivity contribution in [3.05, 3.63) is 41.5 Å². The van der Waals surface area contributed by atoms with Gasteiger partial charge in [-0.3, -0.25) is 0 Å². The third-order valence-electron chi connectivity index (χ3n) is 4.32. The van der Waals surface area contributed by atoms with Crippen molar-refractivity contribution in [3.8, 4) is 11.4 Å². The molecular weight excluding hydrogens is 298 g/mol. The fourth-order valence-electron chi connectivity index (χ4n) is 3.03. The zero-order valence-corrected chi connectivity index (χ0v) is 15.1. The maximum Gasteiger partial charge on any atom is 0.140 e. The lowest BCUT2D eigenvalue weighted by molar-refractivity contribution is 0.278. The molecule has 0 atom stereocenters. The van der Waals surface area contributed by atoms with E-state index in [0.717, 1.165) is 42.2 Å². The van der Waals surface area contributed by atoms with Gasteiger partial charge in [0, 0.05) is 30.1 Å². The van der Waals surface area contributed by atoms with Crippen LogP contribution in [0.5, 0.6) is 0 Å². The Balaban J connectivity index is 2.45. The monoisotopic (exact) mass is 327 g/mol. The number of unbranched alkanes of at least 4 members (excludes halogenated alkanes) is 1. The van der Waals surface area contributed by atoms with Crippen molar-refractivity contribution in [1.29, 1.82) is 0 Å². The Labute approximate surface area is 144 Å². The minimum Gasteiger partial charge on any atom is -0.396 e. The average Bonchev–Trinajstić information content (AvgIpc) is 3.12. The summed E-state index contributed by atoms with van der Waals surface area (Å²) >= 11 is 0. The number of hydrogen-bond acceptors (Lipinski definition) is 2. The molecule has 2 N–H and O–H groups in total. The minimum atomic E-state index is 0.215. The molecule has 2 aromatic rings. The Hall–Kier alpha value is -2.07. The number of allylic oxidation sites excluding steroid dienone is 1. The van der Waals surface area contributed by atoms with Crippen LogP contribution >= 0.6 is 0 Å². The van der Waals surface area contributed by atoms with Crippen LogP contribution in [0.25, 0.3) is 23.5 Å². The Bertz CT molecular complexity index is 707. The van der Waals surface area contributed by atoms with Crippen molar-refractivity contribution in [1.82, 2.24) is 14.5 Å². The number of H-pyrrole nitrogens is 1. The molecule has 0 aliphatic rings. The van der Waals surface area contributed by atoms with Crippen LogP contribution in [0.1, 0.15) is 55.9 Å². The molecule has 0 aliphatic carbocycles. The predicted molar refractivity (Wildman–Crippen MR) is 102 cm³/mol. The van der Waals surface area contributed by atoms with Gasteiger partial charge < -0.3 is 14.7 Å². The second kappa shape index (κ2) is 8.69. The highest BCUT2D eigenvalue weighted by Gasteiger charge is 2.16. The van der Waals surface area contributed by atoms with E-state index in [-0.39, 0.29) is 6.61 Å². The zero-order chi connectivity index (χ0) is 17.5. The van der Waals surface area contributed by atoms with E-state index >= 15 is 0 Å². The third-order valence-corrected chi connectivity index (χ3v) is 4.32. The van der Waals surface area contributed by atoms with Crippen LogP contribution in [-0.2, 0) is 13.0 Å². The third kappa shape index (κ3) is 3.88. The second-order valence-electron chi connectivity index (χ2n) is 6.06. The summed E-state index contributed by atoms with van der Waals surface area (Å²) in [5, 5.41) is 9.19. The molecule has 0 bridgehead atoms. The molecule has 2 heterocycles. The van der Waals surface area contributed by atoms with Gasteiger partial charge in [0.2, 0.25) is 0 Å². The van der Waals surface area contributed by atoms with Crippen molar-refractivity contribution >= 4 is 12.2 Å². The molecule has 0 spiro atoms. The first-order valence-electron chi connectivity index (χ1n) is 8.81. The van der Waals surface area contributed by atoms with Gasteiger partial charge in [0.1, 0.15) is 5.82 Å². The molecule has 0 unspecified atom stereocenters. The number of aromatic amines is 1. The number of aryl methyl sites for hydroxylation is 1. The molecule has 24 heavy (non-hydrogen) atoms. The van der Waals surface area contributed by atoms with E-state index in [0.29, 0.717) is 0 Å². The normalized spacial score (nSPS) is 11.5. The van der Waals surface area contributed by atoms with Gasteiger partial charge in [-0.2, -0.15) is 0 Å². The molecule has 0 radical (unpaired) electrons. The SMILES string of the molecule is C=Cc1nc(-c2cc(CCCC)n(CCCO)c2C)[nH]c1/C=C\C. The van der Waals surface area contributed by atoms with Gasteiger partial charge in [0.15, 0.2) is 0 Å². The van der Waals surface area contributed by atoms with Crippen LogP contribution in [0.2, 0.25) is 0 Å². The summed E-state index contributed by atoms with van der Waals surface area (Å²) < 4.78 is 2.33. The van der Waals surface area contributed by atoms with Crippen LogP contribution in [0.15, 0.2) is 18.7 Å². The summed E-state index contributed by atoms with van der Waals surface area (Å²) in [5.41, 5.74) is 5.52. The van der Waals surface area contributed by atoms with Crippen molar-refractivity contribution in [2.45, 2.75) is 53.0 Å². The van der Waals surface area contributed by atoms with Crippen LogP contribution < -0.4 is 0 Å². The van der Waals surface area contributed by atoms with E-state index in [1.54, 1.807) is 6.08 Å². The maximum atomic E-state index is 9.19. The van der Waals surface area contributed by atoms with Crippen molar-refractivity contribution < 1.29 is 5.11 Å². The summed E-state index contributed by atoms with van der Waals surface area (Å²) in [6.45, 7) is 11.3. The number of nitrogens with zero attached hydrogens (tertiary/aromatic N) is 2. The fraction of sp³-hybridized carbons (Fsp3) is 0.450. The van der Waals surface area contributed by atoms with Crippen LogP contribution in [0.3, 0.4) is 0 Å². The molecule has 130 valence electrons. The highest BCUT2D eigenvalue weighted by atomic mass is 16.3. The highest BCUT2D eigenvalue weighted by Crippen LogP contribution is 2.28. The van der Waals surface area contributed by atoms with E-state index < -0.39 is 0 Å².